The minimum absolute atomic E-state index is 0.320. The molecule has 0 unspecified atom stereocenters. The van der Waals surface area contributed by atoms with E-state index < -0.39 is 0 Å². The lowest BCUT2D eigenvalue weighted by Crippen LogP contribution is -1.97. The molecule has 0 radical (unpaired) electrons. The maximum absolute atomic E-state index is 6.08. The molecule has 0 atom stereocenters. The van der Waals surface area contributed by atoms with Gasteiger partial charge in [0.1, 0.15) is 16.6 Å². The highest BCUT2D eigenvalue weighted by atomic mass is 79.9. The summed E-state index contributed by atoms with van der Waals surface area (Å²) < 4.78 is 6.72. The van der Waals surface area contributed by atoms with Gasteiger partial charge in [-0.3, -0.25) is 0 Å². The number of nitrogens with one attached hydrogen (secondary N) is 1. The molecule has 0 saturated carbocycles. The van der Waals surface area contributed by atoms with E-state index in [-0.39, 0.29) is 0 Å². The van der Waals surface area contributed by atoms with Crippen LogP contribution in [0.4, 0.5) is 5.82 Å². The van der Waals surface area contributed by atoms with E-state index in [1.807, 2.05) is 25.1 Å². The summed E-state index contributed by atoms with van der Waals surface area (Å²) in [6.07, 6.45) is 0. The second kappa shape index (κ2) is 5.99. The molecule has 0 fully saturated rings. The molecule has 0 aliphatic heterocycles. The molecule has 1 heterocycles. The number of halogens is 3. The molecule has 6 heteroatoms. The average Bonchev–Trinajstić information content (AvgIpc) is 2.35. The number of ether oxygens (including phenoxy) is 1. The van der Waals surface area contributed by atoms with Crippen molar-refractivity contribution in [2.45, 2.75) is 6.92 Å². The normalized spacial score (nSPS) is 10.4. The number of hydrogen-bond donors (Lipinski definition) is 1. The summed E-state index contributed by atoms with van der Waals surface area (Å²) in [7, 11) is 1.73. The largest absolute Gasteiger partial charge is 0.437 e. The summed E-state index contributed by atoms with van der Waals surface area (Å²) in [6.45, 7) is 1.95. The zero-order chi connectivity index (χ0) is 14.0. The highest BCUT2D eigenvalue weighted by Crippen LogP contribution is 2.34. The van der Waals surface area contributed by atoms with Crippen LogP contribution in [0.15, 0.2) is 28.7 Å². The predicted molar refractivity (Wildman–Crippen MR) is 82.8 cm³/mol. The molecule has 0 amide bonds. The summed E-state index contributed by atoms with van der Waals surface area (Å²) in [5, 5.41) is 3.70. The Morgan fingerprint density at radius 3 is 2.58 bits per heavy atom. The second-order valence-electron chi connectivity index (χ2n) is 3.87. The topological polar surface area (TPSA) is 34.2 Å². The number of anilines is 1. The number of nitrogens with zero attached hydrogens (tertiary/aromatic N) is 1. The summed E-state index contributed by atoms with van der Waals surface area (Å²) >= 11 is 15.5. The van der Waals surface area contributed by atoms with Crippen LogP contribution < -0.4 is 10.1 Å². The molecular weight excluding hydrogens is 351 g/mol. The molecule has 0 spiro atoms. The van der Waals surface area contributed by atoms with Gasteiger partial charge in [0.25, 0.3) is 0 Å². The quantitative estimate of drug-likeness (QED) is 0.806. The third-order valence-electron chi connectivity index (χ3n) is 2.48. The van der Waals surface area contributed by atoms with E-state index in [9.17, 15) is 0 Å². The lowest BCUT2D eigenvalue weighted by atomic mass is 10.2. The van der Waals surface area contributed by atoms with Gasteiger partial charge in [-0.05, 0) is 36.8 Å². The molecule has 1 aromatic carbocycles. The Balaban J connectivity index is 2.37. The molecule has 0 aliphatic carbocycles. The van der Waals surface area contributed by atoms with Crippen molar-refractivity contribution in [1.29, 1.82) is 0 Å². The number of hydrogen-bond acceptors (Lipinski definition) is 3. The number of pyridine rings is 1. The molecule has 0 aliphatic rings. The second-order valence-corrected chi connectivity index (χ2v) is 5.60. The Hall–Kier alpha value is -0.970. The van der Waals surface area contributed by atoms with Crippen LogP contribution in [-0.2, 0) is 0 Å². The van der Waals surface area contributed by atoms with Crippen molar-refractivity contribution in [2.24, 2.45) is 0 Å². The van der Waals surface area contributed by atoms with E-state index in [4.69, 9.17) is 27.9 Å². The van der Waals surface area contributed by atoms with E-state index in [0.717, 1.165) is 10.0 Å². The molecular formula is C13H11BrCl2N2O. The van der Waals surface area contributed by atoms with Crippen molar-refractivity contribution in [2.75, 3.05) is 12.4 Å². The van der Waals surface area contributed by atoms with E-state index in [2.05, 4.69) is 26.2 Å². The van der Waals surface area contributed by atoms with E-state index in [1.54, 1.807) is 13.1 Å². The highest BCUT2D eigenvalue weighted by molar-refractivity contribution is 9.10. The van der Waals surface area contributed by atoms with Crippen LogP contribution in [0.1, 0.15) is 5.56 Å². The zero-order valence-corrected chi connectivity index (χ0v) is 13.4. The van der Waals surface area contributed by atoms with Crippen LogP contribution in [0.3, 0.4) is 0 Å². The van der Waals surface area contributed by atoms with E-state index >= 15 is 0 Å². The maximum atomic E-state index is 6.08. The Labute approximate surface area is 130 Å². The Morgan fingerprint density at radius 1 is 1.21 bits per heavy atom. The lowest BCUT2D eigenvalue weighted by Gasteiger charge is -2.11. The fraction of sp³-hybridized carbons (Fsp3) is 0.154. The number of benzene rings is 1. The molecule has 1 N–H and O–H groups in total. The minimum atomic E-state index is 0.320. The first-order chi connectivity index (χ1) is 9.01. The van der Waals surface area contributed by atoms with Crippen LogP contribution in [0, 0.1) is 6.92 Å². The van der Waals surface area contributed by atoms with Crippen molar-refractivity contribution in [3.63, 3.8) is 0 Å². The Bertz CT molecular complexity index is 620. The van der Waals surface area contributed by atoms with Crippen molar-refractivity contribution in [1.82, 2.24) is 4.98 Å². The Morgan fingerprint density at radius 2 is 1.95 bits per heavy atom. The van der Waals surface area contributed by atoms with Crippen molar-refractivity contribution in [3.8, 4) is 11.6 Å². The van der Waals surface area contributed by atoms with Crippen LogP contribution in [-0.4, -0.2) is 12.0 Å². The molecule has 1 aromatic heterocycles. The van der Waals surface area contributed by atoms with Crippen molar-refractivity contribution < 1.29 is 4.74 Å². The predicted octanol–water partition coefficient (Wildman–Crippen LogP) is 5.29. The van der Waals surface area contributed by atoms with Gasteiger partial charge in [0, 0.05) is 11.5 Å². The summed E-state index contributed by atoms with van der Waals surface area (Å²) in [5.74, 6) is 1.54. The van der Waals surface area contributed by atoms with Gasteiger partial charge in [0.15, 0.2) is 0 Å². The molecule has 0 saturated heterocycles. The summed E-state index contributed by atoms with van der Waals surface area (Å²) in [4.78, 5) is 4.24. The molecule has 19 heavy (non-hydrogen) atoms. The van der Waals surface area contributed by atoms with Crippen LogP contribution >= 0.6 is 39.1 Å². The first kappa shape index (κ1) is 14.4. The van der Waals surface area contributed by atoms with Crippen molar-refractivity contribution in [3.05, 3.63) is 44.3 Å². The number of aryl methyl sites for hydroxylation is 1. The van der Waals surface area contributed by atoms with Gasteiger partial charge >= 0.3 is 0 Å². The van der Waals surface area contributed by atoms with Gasteiger partial charge in [-0.1, -0.05) is 39.1 Å². The standard InChI is InChI=1S/C13H11BrCl2N2O/c1-7-5-8(14)3-4-11(7)19-13-10(16)6-9(15)12(17-2)18-13/h3-6H,1-2H3,(H,17,18). The Kier molecular flexibility index (Phi) is 4.55. The summed E-state index contributed by atoms with van der Waals surface area (Å²) in [6, 6.07) is 7.31. The fourth-order valence-electron chi connectivity index (χ4n) is 1.53. The average molecular weight is 362 g/mol. The van der Waals surface area contributed by atoms with Crippen molar-refractivity contribution >= 4 is 44.9 Å². The highest BCUT2D eigenvalue weighted by Gasteiger charge is 2.11. The van der Waals surface area contributed by atoms with Crippen LogP contribution in [0.5, 0.6) is 11.6 Å². The molecule has 0 bridgehead atoms. The third-order valence-corrected chi connectivity index (χ3v) is 3.53. The molecule has 100 valence electrons. The van der Waals surface area contributed by atoms with Gasteiger partial charge in [0.05, 0.1) is 5.02 Å². The fourth-order valence-corrected chi connectivity index (χ4v) is 2.50. The monoisotopic (exact) mass is 360 g/mol. The summed E-state index contributed by atoms with van der Waals surface area (Å²) in [5.41, 5.74) is 0.980. The van der Waals surface area contributed by atoms with Gasteiger partial charge in [-0.2, -0.15) is 4.98 Å². The van der Waals surface area contributed by atoms with Crippen LogP contribution in [0.25, 0.3) is 0 Å². The first-order valence-corrected chi connectivity index (χ1v) is 7.04. The van der Waals surface area contributed by atoms with Gasteiger partial charge in [-0.25, -0.2) is 0 Å². The van der Waals surface area contributed by atoms with Gasteiger partial charge in [0.2, 0.25) is 5.88 Å². The van der Waals surface area contributed by atoms with E-state index in [0.29, 0.717) is 27.5 Å². The zero-order valence-electron chi connectivity index (χ0n) is 10.3. The number of aromatic nitrogens is 1. The number of rotatable bonds is 3. The smallest absolute Gasteiger partial charge is 0.240 e. The lowest BCUT2D eigenvalue weighted by molar-refractivity contribution is 0.460. The molecule has 2 rings (SSSR count). The van der Waals surface area contributed by atoms with E-state index in [1.165, 1.54) is 0 Å². The van der Waals surface area contributed by atoms with Crippen LogP contribution in [0.2, 0.25) is 10.0 Å². The minimum Gasteiger partial charge on any atom is -0.437 e. The van der Waals surface area contributed by atoms with Gasteiger partial charge in [-0.15, -0.1) is 0 Å². The molecule has 2 aromatic rings. The SMILES string of the molecule is CNc1nc(Oc2ccc(Br)cc2C)c(Cl)cc1Cl. The maximum Gasteiger partial charge on any atom is 0.240 e. The third kappa shape index (κ3) is 3.32. The van der Waals surface area contributed by atoms with Gasteiger partial charge < -0.3 is 10.1 Å². The molecule has 3 nitrogen and oxygen atoms in total. The first-order valence-electron chi connectivity index (χ1n) is 5.49.